The van der Waals surface area contributed by atoms with Crippen LogP contribution < -0.4 is 0 Å². The highest BCUT2D eigenvalue weighted by molar-refractivity contribution is 6.37. The van der Waals surface area contributed by atoms with Crippen LogP contribution in [-0.2, 0) is 23.9 Å². The molecule has 1 aromatic carbocycles. The van der Waals surface area contributed by atoms with Crippen LogP contribution in [0.3, 0.4) is 0 Å². The lowest BCUT2D eigenvalue weighted by molar-refractivity contribution is -0.149. The number of morpholine rings is 1. The number of benzene rings is 1. The standard InChI is InChI=1S/C18H20Cl2N2O5/c1-21(11-16(23)22-7-9-26-10-8-22)17(24)12-27-18(25)6-5-13-14(19)3-2-4-15(13)20/h2-6H,7-12H2,1H3/b6-5+. The largest absolute Gasteiger partial charge is 0.452 e. The van der Waals surface area contributed by atoms with Crippen molar-refractivity contribution in [2.45, 2.75) is 0 Å². The number of likely N-dealkylation sites (N-methyl/N-ethyl adjacent to an activating group) is 1. The van der Waals surface area contributed by atoms with E-state index < -0.39 is 18.5 Å². The van der Waals surface area contributed by atoms with Gasteiger partial charge in [0.1, 0.15) is 0 Å². The van der Waals surface area contributed by atoms with Crippen molar-refractivity contribution in [1.82, 2.24) is 9.80 Å². The van der Waals surface area contributed by atoms with E-state index in [1.807, 2.05) is 0 Å². The monoisotopic (exact) mass is 414 g/mol. The van der Waals surface area contributed by atoms with Gasteiger partial charge < -0.3 is 19.3 Å². The summed E-state index contributed by atoms with van der Waals surface area (Å²) in [7, 11) is 1.48. The Morgan fingerprint density at radius 2 is 1.85 bits per heavy atom. The summed E-state index contributed by atoms with van der Waals surface area (Å²) >= 11 is 12.0. The van der Waals surface area contributed by atoms with Crippen LogP contribution in [0.25, 0.3) is 6.08 Å². The van der Waals surface area contributed by atoms with E-state index in [1.165, 1.54) is 18.0 Å². The molecule has 0 aromatic heterocycles. The zero-order chi connectivity index (χ0) is 19.8. The first-order valence-corrected chi connectivity index (χ1v) is 9.02. The van der Waals surface area contributed by atoms with E-state index in [1.54, 1.807) is 23.1 Å². The number of amides is 2. The van der Waals surface area contributed by atoms with Gasteiger partial charge in [-0.15, -0.1) is 0 Å². The van der Waals surface area contributed by atoms with Gasteiger partial charge in [0.15, 0.2) is 6.61 Å². The van der Waals surface area contributed by atoms with Crippen molar-refractivity contribution in [2.75, 3.05) is 46.5 Å². The topological polar surface area (TPSA) is 76.2 Å². The third-order valence-electron chi connectivity index (χ3n) is 3.89. The normalized spacial score (nSPS) is 14.3. The molecule has 0 N–H and O–H groups in total. The summed E-state index contributed by atoms with van der Waals surface area (Å²) in [6, 6.07) is 4.97. The van der Waals surface area contributed by atoms with E-state index in [9.17, 15) is 14.4 Å². The molecule has 0 unspecified atom stereocenters. The second-order valence-electron chi connectivity index (χ2n) is 5.82. The lowest BCUT2D eigenvalue weighted by atomic mass is 10.2. The minimum Gasteiger partial charge on any atom is -0.452 e. The molecule has 0 radical (unpaired) electrons. The molecule has 1 aromatic rings. The second-order valence-corrected chi connectivity index (χ2v) is 6.63. The maximum atomic E-state index is 12.1. The van der Waals surface area contributed by atoms with E-state index in [4.69, 9.17) is 32.7 Å². The number of hydrogen-bond donors (Lipinski definition) is 0. The van der Waals surface area contributed by atoms with Gasteiger partial charge in [-0.3, -0.25) is 9.59 Å². The van der Waals surface area contributed by atoms with Gasteiger partial charge in [0.2, 0.25) is 5.91 Å². The minimum atomic E-state index is -0.716. The highest BCUT2D eigenvalue weighted by Gasteiger charge is 2.20. The summed E-state index contributed by atoms with van der Waals surface area (Å²) in [4.78, 5) is 38.8. The predicted octanol–water partition coefficient (Wildman–Crippen LogP) is 1.87. The maximum absolute atomic E-state index is 12.1. The third-order valence-corrected chi connectivity index (χ3v) is 4.54. The van der Waals surface area contributed by atoms with Gasteiger partial charge >= 0.3 is 5.97 Å². The van der Waals surface area contributed by atoms with Crippen LogP contribution in [0.5, 0.6) is 0 Å². The molecule has 2 rings (SSSR count). The fourth-order valence-corrected chi connectivity index (χ4v) is 2.84. The fourth-order valence-electron chi connectivity index (χ4n) is 2.32. The van der Waals surface area contributed by atoms with Crippen molar-refractivity contribution >= 4 is 47.1 Å². The van der Waals surface area contributed by atoms with Crippen molar-refractivity contribution in [3.05, 3.63) is 39.9 Å². The summed E-state index contributed by atoms with van der Waals surface area (Å²) in [5, 5.41) is 0.785. The molecule has 0 atom stereocenters. The Bertz CT molecular complexity index is 712. The first-order valence-electron chi connectivity index (χ1n) is 8.27. The van der Waals surface area contributed by atoms with Gasteiger partial charge in [0.25, 0.3) is 5.91 Å². The number of carbonyl (C=O) groups excluding carboxylic acids is 3. The van der Waals surface area contributed by atoms with Gasteiger partial charge in [-0.25, -0.2) is 4.79 Å². The number of nitrogens with zero attached hydrogens (tertiary/aromatic N) is 2. The third kappa shape index (κ3) is 6.53. The number of hydrogen-bond acceptors (Lipinski definition) is 5. The molecule has 0 aliphatic carbocycles. The molecule has 1 saturated heterocycles. The van der Waals surface area contributed by atoms with E-state index in [-0.39, 0.29) is 12.5 Å². The van der Waals surface area contributed by atoms with Crippen LogP contribution in [-0.4, -0.2) is 74.1 Å². The molecular formula is C18H20Cl2N2O5. The first kappa shape index (κ1) is 21.2. The molecular weight excluding hydrogens is 395 g/mol. The highest BCUT2D eigenvalue weighted by Crippen LogP contribution is 2.25. The molecule has 0 bridgehead atoms. The Labute approximate surface area is 167 Å². The molecule has 9 heteroatoms. The molecule has 1 aliphatic rings. The van der Waals surface area contributed by atoms with Crippen molar-refractivity contribution in [3.8, 4) is 0 Å². The average Bonchev–Trinajstić information content (AvgIpc) is 2.66. The smallest absolute Gasteiger partial charge is 0.331 e. The van der Waals surface area contributed by atoms with E-state index in [0.717, 1.165) is 6.08 Å². The Morgan fingerprint density at radius 1 is 1.22 bits per heavy atom. The Balaban J connectivity index is 1.79. The number of carbonyl (C=O) groups is 3. The van der Waals surface area contributed by atoms with Crippen LogP contribution in [0.1, 0.15) is 5.56 Å². The zero-order valence-corrected chi connectivity index (χ0v) is 16.3. The molecule has 146 valence electrons. The Morgan fingerprint density at radius 3 is 2.48 bits per heavy atom. The number of rotatable bonds is 6. The molecule has 0 spiro atoms. The summed E-state index contributed by atoms with van der Waals surface area (Å²) in [6.07, 6.45) is 2.56. The Kier molecular flexibility index (Phi) is 8.09. The predicted molar refractivity (Wildman–Crippen MR) is 101 cm³/mol. The molecule has 2 amide bonds. The summed E-state index contributed by atoms with van der Waals surface area (Å²) in [5.74, 6) is -1.37. The quantitative estimate of drug-likeness (QED) is 0.524. The molecule has 1 aliphatic heterocycles. The van der Waals surface area contributed by atoms with E-state index >= 15 is 0 Å². The summed E-state index contributed by atoms with van der Waals surface area (Å²) in [6.45, 7) is 1.44. The number of ether oxygens (including phenoxy) is 2. The minimum absolute atomic E-state index is 0.0819. The van der Waals surface area contributed by atoms with Crippen molar-refractivity contribution in [3.63, 3.8) is 0 Å². The molecule has 1 heterocycles. The van der Waals surface area contributed by atoms with Crippen LogP contribution in [0.15, 0.2) is 24.3 Å². The van der Waals surface area contributed by atoms with Gasteiger partial charge in [-0.2, -0.15) is 0 Å². The molecule has 1 fully saturated rings. The maximum Gasteiger partial charge on any atom is 0.331 e. The van der Waals surface area contributed by atoms with Crippen molar-refractivity contribution in [1.29, 1.82) is 0 Å². The zero-order valence-electron chi connectivity index (χ0n) is 14.8. The van der Waals surface area contributed by atoms with Gasteiger partial charge in [-0.1, -0.05) is 29.3 Å². The highest BCUT2D eigenvalue weighted by atomic mass is 35.5. The summed E-state index contributed by atoms with van der Waals surface area (Å²) < 4.78 is 10.1. The van der Waals surface area contributed by atoms with Crippen molar-refractivity contribution < 1.29 is 23.9 Å². The van der Waals surface area contributed by atoms with Crippen LogP contribution in [0, 0.1) is 0 Å². The summed E-state index contributed by atoms with van der Waals surface area (Å²) in [5.41, 5.74) is 0.484. The lowest BCUT2D eigenvalue weighted by Crippen LogP contribution is -2.46. The van der Waals surface area contributed by atoms with E-state index in [0.29, 0.717) is 41.9 Å². The fraction of sp³-hybridized carbons (Fsp3) is 0.389. The van der Waals surface area contributed by atoms with E-state index in [2.05, 4.69) is 0 Å². The number of halogens is 2. The lowest BCUT2D eigenvalue weighted by Gasteiger charge is -2.28. The number of esters is 1. The SMILES string of the molecule is CN(CC(=O)N1CCOCC1)C(=O)COC(=O)/C=C/c1c(Cl)cccc1Cl. The Hall–Kier alpha value is -2.09. The van der Waals surface area contributed by atoms with Gasteiger partial charge in [-0.05, 0) is 18.2 Å². The average molecular weight is 415 g/mol. The van der Waals surface area contributed by atoms with Crippen LogP contribution >= 0.6 is 23.2 Å². The van der Waals surface area contributed by atoms with Crippen molar-refractivity contribution in [2.24, 2.45) is 0 Å². The van der Waals surface area contributed by atoms with Crippen LogP contribution in [0.2, 0.25) is 10.0 Å². The molecule has 27 heavy (non-hydrogen) atoms. The van der Waals surface area contributed by atoms with Crippen LogP contribution in [0.4, 0.5) is 0 Å². The van der Waals surface area contributed by atoms with Gasteiger partial charge in [0.05, 0.1) is 19.8 Å². The second kappa shape index (κ2) is 10.3. The van der Waals surface area contributed by atoms with Gasteiger partial charge in [0, 0.05) is 41.8 Å². The molecule has 7 nitrogen and oxygen atoms in total. The first-order chi connectivity index (χ1) is 12.9. The molecule has 0 saturated carbocycles.